The number of aryl methyl sites for hydroxylation is 1. The lowest BCUT2D eigenvalue weighted by molar-refractivity contribution is -0.385. The third-order valence-corrected chi connectivity index (χ3v) is 4.75. The molecule has 0 N–H and O–H groups in total. The first-order valence-corrected chi connectivity index (χ1v) is 8.30. The van der Waals surface area contributed by atoms with Gasteiger partial charge < -0.3 is 9.64 Å². The molecule has 7 heteroatoms. The Labute approximate surface area is 141 Å². The summed E-state index contributed by atoms with van der Waals surface area (Å²) in [6.45, 7) is 7.26. The molecule has 0 saturated carbocycles. The molecule has 0 amide bonds. The molecule has 0 aromatic carbocycles. The molecule has 2 fully saturated rings. The van der Waals surface area contributed by atoms with E-state index < -0.39 is 10.5 Å². The Morgan fingerprint density at radius 1 is 1.38 bits per heavy atom. The van der Waals surface area contributed by atoms with Crippen molar-refractivity contribution in [1.82, 2.24) is 4.98 Å². The highest BCUT2D eigenvalue weighted by Gasteiger charge is 2.51. The predicted molar refractivity (Wildman–Crippen MR) is 88.9 cm³/mol. The first-order chi connectivity index (χ1) is 11.2. The van der Waals surface area contributed by atoms with Gasteiger partial charge in [-0.2, -0.15) is 0 Å². The first kappa shape index (κ1) is 16.7. The highest BCUT2D eigenvalue weighted by atomic mass is 16.6. The van der Waals surface area contributed by atoms with Gasteiger partial charge in [0.25, 0.3) is 5.69 Å². The van der Waals surface area contributed by atoms with Crippen LogP contribution < -0.4 is 4.90 Å². The van der Waals surface area contributed by atoms with Gasteiger partial charge in [-0.15, -0.1) is 0 Å². The van der Waals surface area contributed by atoms with Gasteiger partial charge >= 0.3 is 5.97 Å². The first-order valence-electron chi connectivity index (χ1n) is 8.30. The highest BCUT2D eigenvalue weighted by Crippen LogP contribution is 2.45. The summed E-state index contributed by atoms with van der Waals surface area (Å²) in [5.74, 6) is 0.412. The predicted octanol–water partition coefficient (Wildman–Crippen LogP) is 3.00. The molecule has 2 aliphatic rings. The van der Waals surface area contributed by atoms with E-state index in [9.17, 15) is 14.9 Å². The molecule has 0 unspecified atom stereocenters. The van der Waals surface area contributed by atoms with Crippen molar-refractivity contribution in [3.63, 3.8) is 0 Å². The summed E-state index contributed by atoms with van der Waals surface area (Å²) < 4.78 is 5.56. The Kier molecular flexibility index (Phi) is 3.97. The minimum absolute atomic E-state index is 0.0222. The van der Waals surface area contributed by atoms with E-state index in [1.54, 1.807) is 13.0 Å². The second kappa shape index (κ2) is 5.72. The van der Waals surface area contributed by atoms with Crippen molar-refractivity contribution in [3.8, 4) is 0 Å². The van der Waals surface area contributed by atoms with E-state index in [2.05, 4.69) is 9.88 Å². The second-order valence-corrected chi connectivity index (χ2v) is 7.61. The van der Waals surface area contributed by atoms with Crippen LogP contribution in [0.1, 0.15) is 45.7 Å². The van der Waals surface area contributed by atoms with Crippen LogP contribution in [0.5, 0.6) is 0 Å². The zero-order valence-electron chi connectivity index (χ0n) is 14.5. The van der Waals surface area contributed by atoms with Gasteiger partial charge in [-0.25, -0.2) is 4.98 Å². The van der Waals surface area contributed by atoms with Crippen molar-refractivity contribution in [2.45, 2.75) is 64.6 Å². The van der Waals surface area contributed by atoms with Crippen LogP contribution in [-0.4, -0.2) is 33.6 Å². The number of hydrogen-bond acceptors (Lipinski definition) is 6. The van der Waals surface area contributed by atoms with Crippen molar-refractivity contribution in [2.24, 2.45) is 5.92 Å². The van der Waals surface area contributed by atoms with E-state index in [4.69, 9.17) is 4.74 Å². The van der Waals surface area contributed by atoms with Crippen LogP contribution >= 0.6 is 0 Å². The van der Waals surface area contributed by atoms with Gasteiger partial charge in [0.2, 0.25) is 0 Å². The lowest BCUT2D eigenvalue weighted by Crippen LogP contribution is -2.37. The number of nitro groups is 1. The number of nitrogens with zero attached hydrogens (tertiary/aromatic N) is 3. The Morgan fingerprint density at radius 2 is 2.08 bits per heavy atom. The maximum atomic E-state index is 12.5. The zero-order chi connectivity index (χ0) is 17.6. The van der Waals surface area contributed by atoms with Gasteiger partial charge in [0.1, 0.15) is 17.1 Å². The third kappa shape index (κ3) is 2.95. The number of fused-ring (bicyclic) bond motifs is 2. The summed E-state index contributed by atoms with van der Waals surface area (Å²) in [4.78, 5) is 29.6. The lowest BCUT2D eigenvalue weighted by Gasteiger charge is -2.27. The molecule has 3 atom stereocenters. The number of pyridine rings is 1. The number of esters is 1. The summed E-state index contributed by atoms with van der Waals surface area (Å²) >= 11 is 0. The molecular weight excluding hydrogens is 310 g/mol. The maximum absolute atomic E-state index is 12.5. The Bertz CT molecular complexity index is 683. The number of hydrogen-bond donors (Lipinski definition) is 0. The topological polar surface area (TPSA) is 85.6 Å². The van der Waals surface area contributed by atoms with E-state index in [0.717, 1.165) is 25.1 Å². The molecule has 2 bridgehead atoms. The molecule has 3 heterocycles. The maximum Gasteiger partial charge on any atom is 0.311 e. The smallest absolute Gasteiger partial charge is 0.311 e. The van der Waals surface area contributed by atoms with Gasteiger partial charge in [-0.05, 0) is 53.0 Å². The number of rotatable bonds is 3. The molecule has 1 aromatic rings. The summed E-state index contributed by atoms with van der Waals surface area (Å²) in [5.41, 5.74) is -0.0713. The number of anilines is 1. The SMILES string of the molecule is Cc1nc(N2[C@H]3CC[C@H]2[C@@H](C(=O)OC(C)(C)C)C3)ccc1[N+](=O)[O-]. The van der Waals surface area contributed by atoms with Crippen LogP contribution in [0.4, 0.5) is 11.5 Å². The van der Waals surface area contributed by atoms with Crippen LogP contribution in [0.2, 0.25) is 0 Å². The zero-order valence-corrected chi connectivity index (χ0v) is 14.5. The molecule has 3 rings (SSSR count). The van der Waals surface area contributed by atoms with E-state index in [1.165, 1.54) is 6.07 Å². The molecule has 0 spiro atoms. The molecule has 0 aliphatic carbocycles. The molecule has 2 aliphatic heterocycles. The van der Waals surface area contributed by atoms with Crippen molar-refractivity contribution in [2.75, 3.05) is 4.90 Å². The van der Waals surface area contributed by atoms with E-state index in [0.29, 0.717) is 5.69 Å². The van der Waals surface area contributed by atoms with Gasteiger partial charge in [0, 0.05) is 18.2 Å². The van der Waals surface area contributed by atoms with E-state index in [-0.39, 0.29) is 29.7 Å². The normalized spacial score (nSPS) is 25.8. The minimum Gasteiger partial charge on any atom is -0.460 e. The fourth-order valence-electron chi connectivity index (χ4n) is 3.85. The monoisotopic (exact) mass is 333 g/mol. The summed E-state index contributed by atoms with van der Waals surface area (Å²) in [7, 11) is 0. The average Bonchev–Trinajstić information content (AvgIpc) is 3.02. The van der Waals surface area contributed by atoms with Crippen LogP contribution in [0.25, 0.3) is 0 Å². The van der Waals surface area contributed by atoms with Crippen LogP contribution in [0.15, 0.2) is 12.1 Å². The van der Waals surface area contributed by atoms with Gasteiger partial charge in [0.15, 0.2) is 0 Å². The van der Waals surface area contributed by atoms with Gasteiger partial charge in [-0.1, -0.05) is 0 Å². The molecule has 0 radical (unpaired) electrons. The van der Waals surface area contributed by atoms with Gasteiger partial charge in [-0.3, -0.25) is 14.9 Å². The molecule has 2 saturated heterocycles. The minimum atomic E-state index is -0.494. The summed E-state index contributed by atoms with van der Waals surface area (Å²) in [5, 5.41) is 11.0. The Hall–Kier alpha value is -2.18. The average molecular weight is 333 g/mol. The highest BCUT2D eigenvalue weighted by molar-refractivity contribution is 5.76. The number of aromatic nitrogens is 1. The summed E-state index contributed by atoms with van der Waals surface area (Å²) in [6.07, 6.45) is 2.70. The van der Waals surface area contributed by atoms with Crippen LogP contribution in [0, 0.1) is 23.0 Å². The number of carbonyl (C=O) groups is 1. The fourth-order valence-corrected chi connectivity index (χ4v) is 3.85. The van der Waals surface area contributed by atoms with Crippen molar-refractivity contribution in [1.29, 1.82) is 0 Å². The molecule has 1 aromatic heterocycles. The van der Waals surface area contributed by atoms with Crippen molar-refractivity contribution < 1.29 is 14.5 Å². The number of carbonyl (C=O) groups excluding carboxylic acids is 1. The Balaban J connectivity index is 1.82. The largest absolute Gasteiger partial charge is 0.460 e. The van der Waals surface area contributed by atoms with Crippen LogP contribution in [-0.2, 0) is 9.53 Å². The van der Waals surface area contributed by atoms with E-state index >= 15 is 0 Å². The summed E-state index contributed by atoms with van der Waals surface area (Å²) in [6, 6.07) is 3.50. The lowest BCUT2D eigenvalue weighted by atomic mass is 9.89. The van der Waals surface area contributed by atoms with Crippen LogP contribution in [0.3, 0.4) is 0 Å². The van der Waals surface area contributed by atoms with Gasteiger partial charge in [0.05, 0.1) is 10.8 Å². The fraction of sp³-hybridized carbons (Fsp3) is 0.647. The molecular formula is C17H23N3O4. The quantitative estimate of drug-likeness (QED) is 0.480. The molecule has 24 heavy (non-hydrogen) atoms. The number of ether oxygens (including phenoxy) is 1. The Morgan fingerprint density at radius 3 is 2.67 bits per heavy atom. The standard InChI is InChI=1S/C17H23N3O4/c1-10-13(20(22)23)7-8-15(18-10)19-11-5-6-14(19)12(9-11)16(21)24-17(2,3)4/h7-8,11-12,14H,5-6,9H2,1-4H3/t11-,12-,14-/m0/s1. The van der Waals surface area contributed by atoms with Crippen molar-refractivity contribution >= 4 is 17.5 Å². The molecule has 7 nitrogen and oxygen atoms in total. The van der Waals surface area contributed by atoms with E-state index in [1.807, 2.05) is 20.8 Å². The second-order valence-electron chi connectivity index (χ2n) is 7.61. The molecule has 130 valence electrons. The van der Waals surface area contributed by atoms with Crippen molar-refractivity contribution in [3.05, 3.63) is 27.9 Å². The third-order valence-electron chi connectivity index (χ3n) is 4.75.